The van der Waals surface area contributed by atoms with Gasteiger partial charge >= 0.3 is 0 Å². The second-order valence-corrected chi connectivity index (χ2v) is 11.9. The first-order valence-electron chi connectivity index (χ1n) is 12.9. The van der Waals surface area contributed by atoms with Gasteiger partial charge < -0.3 is 15.0 Å². The summed E-state index contributed by atoms with van der Waals surface area (Å²) in [5.41, 5.74) is 2.95. The zero-order valence-corrected chi connectivity index (χ0v) is 24.8. The molecule has 3 rings (SSSR count). The number of amides is 2. The maximum absolute atomic E-state index is 13.8. The van der Waals surface area contributed by atoms with Gasteiger partial charge in [-0.3, -0.25) is 13.9 Å². The number of methoxy groups -OCH3 is 1. The van der Waals surface area contributed by atoms with Crippen LogP contribution in [0.2, 0.25) is 5.02 Å². The Kier molecular flexibility index (Phi) is 11.0. The summed E-state index contributed by atoms with van der Waals surface area (Å²) in [7, 11) is -0.517. The van der Waals surface area contributed by atoms with E-state index in [1.807, 2.05) is 61.5 Å². The molecule has 2 amide bonds. The fourth-order valence-corrected chi connectivity index (χ4v) is 5.70. The number of carbonyl (C=O) groups excluding carboxylic acids is 2. The molecule has 3 aromatic rings. The van der Waals surface area contributed by atoms with Gasteiger partial charge in [0.2, 0.25) is 21.8 Å². The lowest BCUT2D eigenvalue weighted by Crippen LogP contribution is -2.49. The first-order valence-corrected chi connectivity index (χ1v) is 15.2. The van der Waals surface area contributed by atoms with E-state index in [1.165, 1.54) is 4.31 Å². The maximum Gasteiger partial charge on any atom is 0.242 e. The Bertz CT molecular complexity index is 1420. The predicted octanol–water partition coefficient (Wildman–Crippen LogP) is 4.59. The van der Waals surface area contributed by atoms with E-state index in [1.54, 1.807) is 37.3 Å². The van der Waals surface area contributed by atoms with Gasteiger partial charge in [-0.05, 0) is 54.3 Å². The molecule has 0 aliphatic rings. The van der Waals surface area contributed by atoms with Crippen molar-refractivity contribution < 1.29 is 22.7 Å². The van der Waals surface area contributed by atoms with Crippen molar-refractivity contribution in [1.29, 1.82) is 0 Å². The number of ether oxygens (including phenoxy) is 1. The number of nitrogens with one attached hydrogen (secondary N) is 1. The summed E-state index contributed by atoms with van der Waals surface area (Å²) >= 11 is 6.15. The largest absolute Gasteiger partial charge is 0.497 e. The van der Waals surface area contributed by atoms with Crippen molar-refractivity contribution >= 4 is 39.1 Å². The Hall–Kier alpha value is -3.56. The molecule has 0 spiro atoms. The average Bonchev–Trinajstić information content (AvgIpc) is 2.94. The highest BCUT2D eigenvalue weighted by atomic mass is 35.5. The number of anilines is 1. The van der Waals surface area contributed by atoms with E-state index in [2.05, 4.69) is 5.32 Å². The van der Waals surface area contributed by atoms with Gasteiger partial charge in [0.1, 0.15) is 11.8 Å². The Labute approximate surface area is 241 Å². The molecule has 0 bridgehead atoms. The number of rotatable bonds is 13. The van der Waals surface area contributed by atoms with E-state index >= 15 is 0 Å². The third kappa shape index (κ3) is 8.47. The highest BCUT2D eigenvalue weighted by Gasteiger charge is 2.30. The molecule has 1 unspecified atom stereocenters. The number of likely N-dealkylation sites (N-methyl/N-ethyl adjacent to an activating group) is 1. The van der Waals surface area contributed by atoms with Gasteiger partial charge in [0, 0.05) is 38.0 Å². The van der Waals surface area contributed by atoms with Gasteiger partial charge in [-0.25, -0.2) is 8.42 Å². The number of aryl methyl sites for hydroxylation is 1. The van der Waals surface area contributed by atoms with Crippen molar-refractivity contribution in [2.45, 2.75) is 38.8 Å². The van der Waals surface area contributed by atoms with E-state index in [4.69, 9.17) is 16.3 Å². The van der Waals surface area contributed by atoms with Gasteiger partial charge in [0.15, 0.2) is 0 Å². The average molecular weight is 586 g/mol. The minimum atomic E-state index is -3.63. The highest BCUT2D eigenvalue weighted by molar-refractivity contribution is 7.92. The van der Waals surface area contributed by atoms with Crippen LogP contribution in [0.3, 0.4) is 0 Å². The predicted molar refractivity (Wildman–Crippen MR) is 159 cm³/mol. The van der Waals surface area contributed by atoms with E-state index in [0.29, 0.717) is 22.9 Å². The van der Waals surface area contributed by atoms with E-state index in [9.17, 15) is 18.0 Å². The topological polar surface area (TPSA) is 96.0 Å². The van der Waals surface area contributed by atoms with Crippen LogP contribution in [0.5, 0.6) is 5.75 Å². The second-order valence-electron chi connectivity index (χ2n) is 9.56. The third-order valence-electron chi connectivity index (χ3n) is 6.60. The molecule has 0 radical (unpaired) electrons. The molecular weight excluding hydrogens is 550 g/mol. The minimum Gasteiger partial charge on any atom is -0.497 e. The molecule has 0 aromatic heterocycles. The number of nitrogens with zero attached hydrogens (tertiary/aromatic N) is 2. The molecule has 3 aromatic carbocycles. The molecule has 1 atom stereocenters. The van der Waals surface area contributed by atoms with Crippen molar-refractivity contribution in [2.75, 3.05) is 31.3 Å². The molecular formula is C30H36ClN3O5S. The number of halogens is 1. The van der Waals surface area contributed by atoms with E-state index in [-0.39, 0.29) is 37.7 Å². The molecule has 214 valence electrons. The van der Waals surface area contributed by atoms with Crippen molar-refractivity contribution in [3.8, 4) is 5.75 Å². The smallest absolute Gasteiger partial charge is 0.242 e. The van der Waals surface area contributed by atoms with Crippen LogP contribution in [-0.4, -0.2) is 58.1 Å². The summed E-state index contributed by atoms with van der Waals surface area (Å²) in [4.78, 5) is 28.4. The normalized spacial score (nSPS) is 11.9. The van der Waals surface area contributed by atoms with E-state index < -0.39 is 16.1 Å². The summed E-state index contributed by atoms with van der Waals surface area (Å²) in [6.45, 7) is 2.08. The summed E-state index contributed by atoms with van der Waals surface area (Å²) in [5, 5.41) is 3.12. The van der Waals surface area contributed by atoms with Gasteiger partial charge in [-0.2, -0.15) is 0 Å². The molecule has 0 fully saturated rings. The lowest BCUT2D eigenvalue weighted by Gasteiger charge is -2.32. The van der Waals surface area contributed by atoms with Crippen LogP contribution in [0.25, 0.3) is 0 Å². The molecule has 40 heavy (non-hydrogen) atoms. The summed E-state index contributed by atoms with van der Waals surface area (Å²) in [6.07, 6.45) is 1.75. The number of hydrogen-bond donors (Lipinski definition) is 1. The third-order valence-corrected chi connectivity index (χ3v) is 8.01. The molecule has 10 heteroatoms. The quantitative estimate of drug-likeness (QED) is 0.317. The SMILES string of the molecule is CNC(=O)C(Cc1ccccc1)N(Cc1cccc(OC)c1)C(=O)CCCN(c1cc(Cl)ccc1C)S(C)(=O)=O. The lowest BCUT2D eigenvalue weighted by atomic mass is 10.0. The first kappa shape index (κ1) is 31.0. The Morgan fingerprint density at radius 2 is 1.70 bits per heavy atom. The van der Waals surface area contributed by atoms with Crippen molar-refractivity contribution in [1.82, 2.24) is 10.2 Å². The first-order chi connectivity index (χ1) is 19.0. The molecule has 0 saturated carbocycles. The summed E-state index contributed by atoms with van der Waals surface area (Å²) in [5.74, 6) is 0.0983. The van der Waals surface area contributed by atoms with Gasteiger partial charge in [0.25, 0.3) is 0 Å². The molecule has 0 heterocycles. The van der Waals surface area contributed by atoms with Gasteiger partial charge in [-0.15, -0.1) is 0 Å². The fourth-order valence-electron chi connectivity index (χ4n) is 4.52. The standard InChI is InChI=1S/C30H36ClN3O5S/c1-22-15-16-25(31)20-27(22)34(40(4,37)38)17-9-14-29(35)33(21-24-12-8-13-26(18-24)39-3)28(30(36)32-2)19-23-10-6-5-7-11-23/h5-8,10-13,15-16,18,20,28H,9,14,17,19,21H2,1-4H3,(H,32,36). The minimum absolute atomic E-state index is 0.0396. The molecule has 8 nitrogen and oxygen atoms in total. The van der Waals surface area contributed by atoms with Crippen molar-refractivity contribution in [2.24, 2.45) is 0 Å². The molecule has 0 saturated heterocycles. The van der Waals surface area contributed by atoms with E-state index in [0.717, 1.165) is 22.9 Å². The van der Waals surface area contributed by atoms with Crippen LogP contribution >= 0.6 is 11.6 Å². The molecule has 0 aliphatic carbocycles. The Morgan fingerprint density at radius 3 is 2.35 bits per heavy atom. The zero-order valence-electron chi connectivity index (χ0n) is 23.3. The maximum atomic E-state index is 13.8. The number of sulfonamides is 1. The van der Waals surface area contributed by atoms with Crippen LogP contribution in [-0.2, 0) is 32.6 Å². The van der Waals surface area contributed by atoms with Crippen LogP contribution < -0.4 is 14.4 Å². The van der Waals surface area contributed by atoms with Crippen LogP contribution in [0.15, 0.2) is 72.8 Å². The number of hydrogen-bond acceptors (Lipinski definition) is 5. The Morgan fingerprint density at radius 1 is 1.00 bits per heavy atom. The van der Waals surface area contributed by atoms with Crippen LogP contribution in [0, 0.1) is 6.92 Å². The number of carbonyl (C=O) groups is 2. The van der Waals surface area contributed by atoms with Gasteiger partial charge in [0.05, 0.1) is 19.1 Å². The van der Waals surface area contributed by atoms with Crippen molar-refractivity contribution in [3.05, 3.63) is 94.5 Å². The Balaban J connectivity index is 1.88. The lowest BCUT2D eigenvalue weighted by molar-refractivity contribution is -0.141. The summed E-state index contributed by atoms with van der Waals surface area (Å²) < 4.78 is 32.0. The van der Waals surface area contributed by atoms with Crippen LogP contribution in [0.4, 0.5) is 5.69 Å². The molecule has 0 aliphatic heterocycles. The van der Waals surface area contributed by atoms with Crippen molar-refractivity contribution in [3.63, 3.8) is 0 Å². The fraction of sp³-hybridized carbons (Fsp3) is 0.333. The highest BCUT2D eigenvalue weighted by Crippen LogP contribution is 2.27. The zero-order chi connectivity index (χ0) is 29.3. The number of benzene rings is 3. The second kappa shape index (κ2) is 14.2. The molecule has 1 N–H and O–H groups in total. The van der Waals surface area contributed by atoms with Crippen LogP contribution in [0.1, 0.15) is 29.5 Å². The monoisotopic (exact) mass is 585 g/mol. The van der Waals surface area contributed by atoms with Gasteiger partial charge in [-0.1, -0.05) is 60.1 Å². The summed E-state index contributed by atoms with van der Waals surface area (Å²) in [6, 6.07) is 21.2.